The first-order chi connectivity index (χ1) is 13.6. The number of hydrogen-bond acceptors (Lipinski definition) is 8. The van der Waals surface area contributed by atoms with E-state index in [9.17, 15) is 0 Å². The molecule has 1 atom stereocenters. The molecule has 0 aromatic carbocycles. The highest BCUT2D eigenvalue weighted by Crippen LogP contribution is 2.33. The molecule has 0 saturated carbocycles. The van der Waals surface area contributed by atoms with Crippen LogP contribution in [-0.2, 0) is 13.0 Å². The van der Waals surface area contributed by atoms with E-state index in [1.807, 2.05) is 32.4 Å². The van der Waals surface area contributed by atoms with Gasteiger partial charge >= 0.3 is 0 Å². The third-order valence-corrected chi connectivity index (χ3v) is 5.71. The normalized spacial score (nSPS) is 17.2. The zero-order valence-electron chi connectivity index (χ0n) is 16.5. The molecule has 1 aliphatic rings. The molecule has 4 rings (SSSR count). The Kier molecular flexibility index (Phi) is 5.59. The van der Waals surface area contributed by atoms with E-state index in [0.717, 1.165) is 66.2 Å². The monoisotopic (exact) mass is 395 g/mol. The Labute approximate surface area is 169 Å². The zero-order valence-corrected chi connectivity index (χ0v) is 17.3. The molecule has 0 bridgehead atoms. The molecule has 3 aromatic rings. The Bertz CT molecular complexity index is 938. The number of nitrogens with zero attached hydrogens (tertiary/aromatic N) is 6. The van der Waals surface area contributed by atoms with Crippen LogP contribution in [0.1, 0.15) is 53.6 Å². The van der Waals surface area contributed by atoms with Crippen molar-refractivity contribution in [3.05, 3.63) is 52.4 Å². The van der Waals surface area contributed by atoms with Crippen LogP contribution in [0.3, 0.4) is 0 Å². The van der Waals surface area contributed by atoms with E-state index in [1.54, 1.807) is 11.3 Å². The van der Waals surface area contributed by atoms with E-state index < -0.39 is 0 Å². The Morgan fingerprint density at radius 3 is 2.68 bits per heavy atom. The number of aromatic nitrogens is 5. The van der Waals surface area contributed by atoms with Crippen LogP contribution in [0.2, 0.25) is 0 Å². The molecule has 1 fully saturated rings. The van der Waals surface area contributed by atoms with Crippen molar-refractivity contribution in [2.45, 2.75) is 52.6 Å². The van der Waals surface area contributed by atoms with Crippen LogP contribution in [0.25, 0.3) is 0 Å². The predicted molar refractivity (Wildman–Crippen MR) is 111 cm³/mol. The highest BCUT2D eigenvalue weighted by Gasteiger charge is 2.28. The molecule has 0 aliphatic carbocycles. The van der Waals surface area contributed by atoms with Crippen molar-refractivity contribution in [3.8, 4) is 0 Å². The first-order valence-corrected chi connectivity index (χ1v) is 10.5. The standard InChI is InChI=1S/C20H25N7S/c1-4-18-21-10-15(11-22-18)12-27-7-5-6-17(27)16-8-19(25-14(3)24-16)26-20-23-9-13(2)28-20/h8-11,17H,4-7,12H2,1-3H3,(H,23,24,25,26)/t17-/m1/s1. The third kappa shape index (κ3) is 4.34. The van der Waals surface area contributed by atoms with Crippen molar-refractivity contribution in [3.63, 3.8) is 0 Å². The van der Waals surface area contributed by atoms with E-state index in [4.69, 9.17) is 4.98 Å². The van der Waals surface area contributed by atoms with E-state index >= 15 is 0 Å². The summed E-state index contributed by atoms with van der Waals surface area (Å²) in [6.07, 6.45) is 8.89. The number of likely N-dealkylation sites (tertiary alicyclic amines) is 1. The number of rotatable bonds is 6. The molecular weight excluding hydrogens is 370 g/mol. The molecule has 4 heterocycles. The molecule has 1 N–H and O–H groups in total. The molecule has 0 radical (unpaired) electrons. The van der Waals surface area contributed by atoms with Crippen LogP contribution in [0.15, 0.2) is 24.7 Å². The van der Waals surface area contributed by atoms with Crippen LogP contribution in [-0.4, -0.2) is 36.4 Å². The number of nitrogens with one attached hydrogen (secondary N) is 1. The van der Waals surface area contributed by atoms with Crippen molar-refractivity contribution >= 4 is 22.3 Å². The van der Waals surface area contributed by atoms with Crippen LogP contribution in [0, 0.1) is 13.8 Å². The average molecular weight is 396 g/mol. The predicted octanol–water partition coefficient (Wildman–Crippen LogP) is 3.98. The zero-order chi connectivity index (χ0) is 19.5. The summed E-state index contributed by atoms with van der Waals surface area (Å²) >= 11 is 1.62. The molecule has 3 aromatic heterocycles. The minimum absolute atomic E-state index is 0.283. The summed E-state index contributed by atoms with van der Waals surface area (Å²) in [5.41, 5.74) is 2.21. The quantitative estimate of drug-likeness (QED) is 0.676. The van der Waals surface area contributed by atoms with Crippen molar-refractivity contribution in [1.82, 2.24) is 29.8 Å². The summed E-state index contributed by atoms with van der Waals surface area (Å²) in [4.78, 5) is 26.2. The largest absolute Gasteiger partial charge is 0.316 e. The first-order valence-electron chi connectivity index (χ1n) is 9.69. The number of aryl methyl sites for hydroxylation is 3. The smallest absolute Gasteiger partial charge is 0.188 e. The van der Waals surface area contributed by atoms with Gasteiger partial charge in [0.2, 0.25) is 0 Å². The van der Waals surface area contributed by atoms with Gasteiger partial charge in [-0.2, -0.15) is 0 Å². The summed E-state index contributed by atoms with van der Waals surface area (Å²) < 4.78 is 0. The molecular formula is C20H25N7S. The molecule has 1 aliphatic heterocycles. The maximum Gasteiger partial charge on any atom is 0.188 e. The Morgan fingerprint density at radius 2 is 1.96 bits per heavy atom. The van der Waals surface area contributed by atoms with Gasteiger partial charge in [-0.25, -0.2) is 24.9 Å². The van der Waals surface area contributed by atoms with Crippen LogP contribution >= 0.6 is 11.3 Å². The lowest BCUT2D eigenvalue weighted by Gasteiger charge is -2.24. The Morgan fingerprint density at radius 1 is 1.14 bits per heavy atom. The average Bonchev–Trinajstić information content (AvgIpc) is 3.31. The molecule has 0 spiro atoms. The second-order valence-corrected chi connectivity index (χ2v) is 8.35. The van der Waals surface area contributed by atoms with Gasteiger partial charge in [-0.05, 0) is 33.2 Å². The van der Waals surface area contributed by atoms with E-state index in [1.165, 1.54) is 4.88 Å². The second-order valence-electron chi connectivity index (χ2n) is 7.12. The summed E-state index contributed by atoms with van der Waals surface area (Å²) in [7, 11) is 0. The maximum absolute atomic E-state index is 4.74. The van der Waals surface area contributed by atoms with Crippen molar-refractivity contribution in [1.29, 1.82) is 0 Å². The van der Waals surface area contributed by atoms with Crippen molar-refractivity contribution < 1.29 is 0 Å². The number of hydrogen-bond donors (Lipinski definition) is 1. The van der Waals surface area contributed by atoms with E-state index in [0.29, 0.717) is 0 Å². The van der Waals surface area contributed by atoms with Gasteiger partial charge in [0.1, 0.15) is 17.5 Å². The van der Waals surface area contributed by atoms with Gasteiger partial charge in [0.25, 0.3) is 0 Å². The van der Waals surface area contributed by atoms with Gasteiger partial charge in [-0.15, -0.1) is 11.3 Å². The van der Waals surface area contributed by atoms with Gasteiger partial charge in [-0.1, -0.05) is 6.92 Å². The number of anilines is 2. The minimum atomic E-state index is 0.283. The fourth-order valence-electron chi connectivity index (χ4n) is 3.58. The minimum Gasteiger partial charge on any atom is -0.316 e. The van der Waals surface area contributed by atoms with Gasteiger partial charge in [0, 0.05) is 48.1 Å². The lowest BCUT2D eigenvalue weighted by molar-refractivity contribution is 0.243. The van der Waals surface area contributed by atoms with Gasteiger partial charge < -0.3 is 5.32 Å². The fourth-order valence-corrected chi connectivity index (χ4v) is 4.25. The van der Waals surface area contributed by atoms with Crippen LogP contribution in [0.5, 0.6) is 0 Å². The molecule has 0 unspecified atom stereocenters. The topological polar surface area (TPSA) is 79.7 Å². The van der Waals surface area contributed by atoms with Gasteiger partial charge in [0.05, 0.1) is 11.7 Å². The Balaban J connectivity index is 1.52. The van der Waals surface area contributed by atoms with Gasteiger partial charge in [0.15, 0.2) is 5.13 Å². The van der Waals surface area contributed by atoms with Crippen LogP contribution in [0.4, 0.5) is 10.9 Å². The highest BCUT2D eigenvalue weighted by molar-refractivity contribution is 7.15. The van der Waals surface area contributed by atoms with E-state index in [-0.39, 0.29) is 6.04 Å². The van der Waals surface area contributed by atoms with Crippen LogP contribution < -0.4 is 5.32 Å². The fraction of sp³-hybridized carbons (Fsp3) is 0.450. The molecule has 1 saturated heterocycles. The van der Waals surface area contributed by atoms with Gasteiger partial charge in [-0.3, -0.25) is 4.90 Å². The first kappa shape index (κ1) is 18.9. The lowest BCUT2D eigenvalue weighted by Crippen LogP contribution is -2.24. The highest BCUT2D eigenvalue weighted by atomic mass is 32.1. The van der Waals surface area contributed by atoms with Crippen molar-refractivity contribution in [2.75, 3.05) is 11.9 Å². The molecule has 28 heavy (non-hydrogen) atoms. The summed E-state index contributed by atoms with van der Waals surface area (Å²) in [5.74, 6) is 2.47. The molecule has 8 heteroatoms. The summed E-state index contributed by atoms with van der Waals surface area (Å²) in [6, 6.07) is 2.34. The SMILES string of the molecule is CCc1ncc(CN2CCC[C@@H]2c2cc(Nc3ncc(C)s3)nc(C)n2)cn1. The molecule has 7 nitrogen and oxygen atoms in total. The summed E-state index contributed by atoms with van der Waals surface area (Å²) in [5, 5.41) is 4.18. The third-order valence-electron chi connectivity index (χ3n) is 4.88. The number of thiazole rings is 1. The Hall–Kier alpha value is -2.45. The second kappa shape index (κ2) is 8.28. The summed E-state index contributed by atoms with van der Waals surface area (Å²) in [6.45, 7) is 7.95. The lowest BCUT2D eigenvalue weighted by atomic mass is 10.1. The molecule has 146 valence electrons. The van der Waals surface area contributed by atoms with Crippen molar-refractivity contribution in [2.24, 2.45) is 0 Å². The van der Waals surface area contributed by atoms with E-state index in [2.05, 4.69) is 43.1 Å². The maximum atomic E-state index is 4.74. The molecule has 0 amide bonds.